The van der Waals surface area contributed by atoms with Crippen LogP contribution in [0.3, 0.4) is 0 Å². The Balaban J connectivity index is 1.29. The minimum absolute atomic E-state index is 0.314. The number of hydrogen-bond donors (Lipinski definition) is 2. The molecule has 0 saturated carbocycles. The molecule has 0 aliphatic rings. The topological polar surface area (TPSA) is 77.5 Å². The summed E-state index contributed by atoms with van der Waals surface area (Å²) >= 11 is 0. The van der Waals surface area contributed by atoms with Crippen molar-refractivity contribution in [1.82, 2.24) is 0 Å². The first-order chi connectivity index (χ1) is 20.2. The molecular weight excluding hydrogens is 502 g/mol. The van der Waals surface area contributed by atoms with Gasteiger partial charge in [-0.15, -0.1) is 0 Å². The fraction of sp³-hybridized carbons (Fsp3) is 0. The zero-order valence-electron chi connectivity index (χ0n) is 22.1. The summed E-state index contributed by atoms with van der Waals surface area (Å²) in [4.78, 5) is 0. The number of nitrogens with two attached hydrogens (primary N) is 2. The van der Waals surface area contributed by atoms with Crippen molar-refractivity contribution in [3.8, 4) is 22.3 Å². The Labute approximate surface area is 236 Å². The maximum Gasteiger partial charge on any atom is 0.151 e. The van der Waals surface area contributed by atoms with Gasteiger partial charge in [0.05, 0.1) is 0 Å². The molecule has 0 saturated heterocycles. The van der Waals surface area contributed by atoms with Gasteiger partial charge in [0, 0.05) is 21.9 Å². The lowest BCUT2D eigenvalue weighted by Gasteiger charge is -2.17. The monoisotopic (exact) mass is 527 g/mol. The second kappa shape index (κ2) is 8.97. The maximum absolute atomic E-state index is 6.44. The van der Waals surface area contributed by atoms with Gasteiger partial charge in [0.15, 0.2) is 5.84 Å². The van der Waals surface area contributed by atoms with Crippen LogP contribution >= 0.6 is 0 Å². The second-order valence-electron chi connectivity index (χ2n) is 10.4. The van der Waals surface area contributed by atoms with Crippen molar-refractivity contribution >= 4 is 60.1 Å². The summed E-state index contributed by atoms with van der Waals surface area (Å²) in [5.74, 6) is 6.06. The number of amidine groups is 1. The van der Waals surface area contributed by atoms with E-state index in [4.69, 9.17) is 16.0 Å². The van der Waals surface area contributed by atoms with Crippen molar-refractivity contribution in [3.05, 3.63) is 133 Å². The largest absolute Gasteiger partial charge is 0.456 e. The minimum atomic E-state index is 0.314. The highest BCUT2D eigenvalue weighted by Gasteiger charge is 2.19. The number of fused-ring (bicyclic) bond motifs is 8. The van der Waals surface area contributed by atoms with E-state index in [2.05, 4.69) is 120 Å². The molecule has 4 heteroatoms. The molecule has 41 heavy (non-hydrogen) atoms. The third-order valence-electron chi connectivity index (χ3n) is 8.20. The molecule has 8 aromatic rings. The van der Waals surface area contributed by atoms with Crippen molar-refractivity contribution in [3.63, 3.8) is 0 Å². The van der Waals surface area contributed by atoms with E-state index in [0.29, 0.717) is 5.84 Å². The first kappa shape index (κ1) is 23.3. The normalized spacial score (nSPS) is 12.2. The van der Waals surface area contributed by atoms with E-state index < -0.39 is 0 Å². The van der Waals surface area contributed by atoms with Gasteiger partial charge in [-0.25, -0.2) is 0 Å². The van der Waals surface area contributed by atoms with E-state index in [1.807, 2.05) is 12.1 Å². The molecular formula is C37H25N3O. The van der Waals surface area contributed by atoms with Crippen LogP contribution in [0.15, 0.2) is 137 Å². The zero-order valence-corrected chi connectivity index (χ0v) is 22.1. The molecule has 0 radical (unpaired) electrons. The van der Waals surface area contributed by atoms with Crippen LogP contribution in [0, 0.1) is 0 Å². The lowest BCUT2D eigenvalue weighted by atomic mass is 9.87. The summed E-state index contributed by atoms with van der Waals surface area (Å²) in [6, 6.07) is 44.4. The highest BCUT2D eigenvalue weighted by atomic mass is 16.3. The number of hydrogen-bond acceptors (Lipinski definition) is 3. The molecule has 0 aliphatic carbocycles. The Bertz CT molecular complexity index is 2330. The number of rotatable bonds is 3. The minimum Gasteiger partial charge on any atom is -0.456 e. The molecule has 4 nitrogen and oxygen atoms in total. The average molecular weight is 528 g/mol. The maximum atomic E-state index is 6.44. The van der Waals surface area contributed by atoms with Gasteiger partial charge in [0.1, 0.15) is 11.2 Å². The summed E-state index contributed by atoms with van der Waals surface area (Å²) < 4.78 is 6.32. The molecule has 1 heterocycles. The van der Waals surface area contributed by atoms with E-state index in [1.165, 1.54) is 16.2 Å². The molecule has 1 aromatic heterocycles. The number of furan rings is 1. The van der Waals surface area contributed by atoms with E-state index in [-0.39, 0.29) is 0 Å². The molecule has 194 valence electrons. The van der Waals surface area contributed by atoms with E-state index >= 15 is 0 Å². The fourth-order valence-electron chi connectivity index (χ4n) is 6.33. The van der Waals surface area contributed by atoms with Crippen LogP contribution in [0.4, 0.5) is 0 Å². The predicted octanol–water partition coefficient (Wildman–Crippen LogP) is 8.96. The summed E-state index contributed by atoms with van der Waals surface area (Å²) in [5, 5.41) is 13.0. The molecule has 0 aliphatic heterocycles. The highest BCUT2D eigenvalue weighted by Crippen LogP contribution is 2.40. The molecule has 8 rings (SSSR count). The fourth-order valence-corrected chi connectivity index (χ4v) is 6.33. The van der Waals surface area contributed by atoms with E-state index in [9.17, 15) is 0 Å². The Kier molecular flexibility index (Phi) is 5.09. The smallest absolute Gasteiger partial charge is 0.151 e. The van der Waals surface area contributed by atoms with Crippen molar-refractivity contribution in [2.24, 2.45) is 16.7 Å². The molecule has 0 amide bonds. The van der Waals surface area contributed by atoms with Crippen LogP contribution < -0.4 is 11.6 Å². The lowest BCUT2D eigenvalue weighted by Crippen LogP contribution is -2.17. The van der Waals surface area contributed by atoms with Crippen molar-refractivity contribution < 1.29 is 4.42 Å². The van der Waals surface area contributed by atoms with Gasteiger partial charge in [-0.3, -0.25) is 0 Å². The third kappa shape index (κ3) is 3.51. The van der Waals surface area contributed by atoms with Gasteiger partial charge < -0.3 is 16.0 Å². The summed E-state index contributed by atoms with van der Waals surface area (Å²) in [5.41, 5.74) is 13.4. The van der Waals surface area contributed by atoms with Crippen LogP contribution in [-0.4, -0.2) is 5.84 Å². The molecule has 7 aromatic carbocycles. The van der Waals surface area contributed by atoms with Crippen LogP contribution in [0.5, 0.6) is 0 Å². The summed E-state index contributed by atoms with van der Waals surface area (Å²) in [6.45, 7) is 0. The van der Waals surface area contributed by atoms with E-state index in [1.54, 1.807) is 0 Å². The van der Waals surface area contributed by atoms with Gasteiger partial charge in [0.2, 0.25) is 0 Å². The molecule has 0 bridgehead atoms. The average Bonchev–Trinajstić information content (AvgIpc) is 3.42. The zero-order chi connectivity index (χ0) is 27.5. The molecule has 0 atom stereocenters. The van der Waals surface area contributed by atoms with Crippen molar-refractivity contribution in [2.45, 2.75) is 0 Å². The van der Waals surface area contributed by atoms with Crippen molar-refractivity contribution in [2.75, 3.05) is 0 Å². The highest BCUT2D eigenvalue weighted by molar-refractivity contribution is 6.25. The molecule has 0 fully saturated rings. The van der Waals surface area contributed by atoms with Gasteiger partial charge in [-0.05, 0) is 67.2 Å². The Morgan fingerprint density at radius 3 is 1.88 bits per heavy atom. The SMILES string of the molecule is N/N=C(\N)c1c(-c2ccc(-c3ccc4c(c3)oc3ccc5ccccc5c34)cc2)c2ccccc2c2ccccc12. The molecule has 0 spiro atoms. The number of hydrazone groups is 1. The quantitative estimate of drug-likeness (QED) is 0.0791. The van der Waals surface area contributed by atoms with Crippen LogP contribution in [0.25, 0.3) is 76.5 Å². The van der Waals surface area contributed by atoms with Gasteiger partial charge in [-0.1, -0.05) is 109 Å². The number of nitrogens with zero attached hydrogens (tertiary/aromatic N) is 1. The molecule has 0 unspecified atom stereocenters. The van der Waals surface area contributed by atoms with Crippen LogP contribution in [0.2, 0.25) is 0 Å². The summed E-state index contributed by atoms with van der Waals surface area (Å²) in [6.07, 6.45) is 0. The number of benzene rings is 7. The second-order valence-corrected chi connectivity index (χ2v) is 10.4. The third-order valence-corrected chi connectivity index (χ3v) is 8.20. The van der Waals surface area contributed by atoms with Crippen LogP contribution in [0.1, 0.15) is 5.56 Å². The van der Waals surface area contributed by atoms with Crippen LogP contribution in [-0.2, 0) is 0 Å². The van der Waals surface area contributed by atoms with Gasteiger partial charge in [0.25, 0.3) is 0 Å². The first-order valence-corrected chi connectivity index (χ1v) is 13.6. The molecule has 4 N–H and O–H groups in total. The Morgan fingerprint density at radius 1 is 0.512 bits per heavy atom. The standard InChI is InChI=1S/C37H25N3O/c38-37(40-39)36-30-12-6-4-10-28(30)27-9-3-5-11-29(27)34(36)24-15-13-22(14-16-24)25-17-19-31-33(21-25)41-32-20-18-23-7-1-2-8-26(23)35(31)32/h1-21H,39H2,(H2,38,40). The summed E-state index contributed by atoms with van der Waals surface area (Å²) in [7, 11) is 0. The van der Waals surface area contributed by atoms with Gasteiger partial charge in [-0.2, -0.15) is 5.10 Å². The first-order valence-electron chi connectivity index (χ1n) is 13.6. The van der Waals surface area contributed by atoms with E-state index in [0.717, 1.165) is 65.9 Å². The lowest BCUT2D eigenvalue weighted by molar-refractivity contribution is 0.669. The predicted molar refractivity (Wildman–Crippen MR) is 172 cm³/mol. The van der Waals surface area contributed by atoms with Gasteiger partial charge >= 0.3 is 0 Å². The Morgan fingerprint density at radius 2 is 1.12 bits per heavy atom. The Hall–Kier alpha value is -5.61. The van der Waals surface area contributed by atoms with Crippen molar-refractivity contribution in [1.29, 1.82) is 0 Å².